The summed E-state index contributed by atoms with van der Waals surface area (Å²) in [6.07, 6.45) is 0. The summed E-state index contributed by atoms with van der Waals surface area (Å²) in [6.45, 7) is 0. The number of fused-ring (bicyclic) bond motifs is 1. The van der Waals surface area contributed by atoms with E-state index in [1.54, 1.807) is 0 Å². The van der Waals surface area contributed by atoms with E-state index in [0.29, 0.717) is 11.1 Å². The average molecular weight is 401 g/mol. The highest BCUT2D eigenvalue weighted by molar-refractivity contribution is 8.14. The summed E-state index contributed by atoms with van der Waals surface area (Å²) in [6, 6.07) is 30.3. The number of carbonyl (C=O) groups excluding carboxylic acids is 2. The van der Waals surface area contributed by atoms with Gasteiger partial charge in [-0.25, -0.2) is 0 Å². The fraction of sp³-hybridized carbons (Fsp3) is 0. The predicted octanol–water partition coefficient (Wildman–Crippen LogP) is 6.70. The SMILES string of the molecule is O=C(Sc1cccc2c(SC(=O)c3ccccc3)cccc12)c1ccccc1. The maximum absolute atomic E-state index is 12.6. The standard InChI is InChI=1S/C24H16O2S2/c25-23(17-9-3-1-4-10-17)27-21-15-7-14-20-19(21)13-8-16-22(20)28-24(26)18-11-5-2-6-12-18/h1-16H. The van der Waals surface area contributed by atoms with Gasteiger partial charge in [0.25, 0.3) is 0 Å². The van der Waals surface area contributed by atoms with Crippen LogP contribution in [0, 0.1) is 0 Å². The highest BCUT2D eigenvalue weighted by atomic mass is 32.2. The van der Waals surface area contributed by atoms with Crippen molar-refractivity contribution in [3.63, 3.8) is 0 Å². The molecule has 2 nitrogen and oxygen atoms in total. The molecule has 0 unspecified atom stereocenters. The number of hydrogen-bond donors (Lipinski definition) is 0. The summed E-state index contributed by atoms with van der Waals surface area (Å²) in [5.41, 5.74) is 1.35. The van der Waals surface area contributed by atoms with Crippen molar-refractivity contribution in [2.45, 2.75) is 9.79 Å². The molecule has 0 spiro atoms. The molecule has 0 atom stereocenters. The largest absolute Gasteiger partial charge is 0.281 e. The van der Waals surface area contributed by atoms with Crippen LogP contribution >= 0.6 is 23.5 Å². The van der Waals surface area contributed by atoms with E-state index in [1.807, 2.05) is 97.1 Å². The van der Waals surface area contributed by atoms with E-state index >= 15 is 0 Å². The van der Waals surface area contributed by atoms with E-state index in [9.17, 15) is 9.59 Å². The van der Waals surface area contributed by atoms with Crippen molar-refractivity contribution in [1.29, 1.82) is 0 Å². The molecule has 0 saturated heterocycles. The molecule has 4 aromatic rings. The Labute approximate surface area is 172 Å². The van der Waals surface area contributed by atoms with Crippen LogP contribution in [0.15, 0.2) is 107 Å². The molecule has 4 aromatic carbocycles. The van der Waals surface area contributed by atoms with Crippen LogP contribution in [0.3, 0.4) is 0 Å². The van der Waals surface area contributed by atoms with Gasteiger partial charge in [-0.2, -0.15) is 0 Å². The third-order valence-corrected chi connectivity index (χ3v) is 6.26. The van der Waals surface area contributed by atoms with E-state index in [1.165, 1.54) is 23.5 Å². The van der Waals surface area contributed by atoms with E-state index < -0.39 is 0 Å². The van der Waals surface area contributed by atoms with Crippen LogP contribution < -0.4 is 0 Å². The molecule has 136 valence electrons. The fourth-order valence-electron chi connectivity index (χ4n) is 2.90. The lowest BCUT2D eigenvalue weighted by atomic mass is 10.1. The van der Waals surface area contributed by atoms with Gasteiger partial charge in [-0.05, 0) is 46.4 Å². The molecule has 0 saturated carbocycles. The zero-order valence-corrected chi connectivity index (χ0v) is 16.5. The van der Waals surface area contributed by atoms with E-state index in [-0.39, 0.29) is 10.2 Å². The van der Waals surface area contributed by atoms with Crippen LogP contribution in [0.2, 0.25) is 0 Å². The Bertz CT molecular complexity index is 1050. The van der Waals surface area contributed by atoms with Crippen molar-refractivity contribution in [2.24, 2.45) is 0 Å². The summed E-state index contributed by atoms with van der Waals surface area (Å²) in [5, 5.41) is 1.96. The molecule has 4 rings (SSSR count). The van der Waals surface area contributed by atoms with Crippen molar-refractivity contribution in [1.82, 2.24) is 0 Å². The molecule has 0 amide bonds. The molecule has 0 fully saturated rings. The van der Waals surface area contributed by atoms with Crippen molar-refractivity contribution in [2.75, 3.05) is 0 Å². The van der Waals surface area contributed by atoms with E-state index in [0.717, 1.165) is 20.6 Å². The predicted molar refractivity (Wildman–Crippen MR) is 117 cm³/mol. The molecule has 0 aliphatic carbocycles. The molecule has 0 aliphatic heterocycles. The maximum Gasteiger partial charge on any atom is 0.224 e. The third kappa shape index (κ3) is 4.03. The lowest BCUT2D eigenvalue weighted by Gasteiger charge is -2.09. The normalized spacial score (nSPS) is 10.7. The van der Waals surface area contributed by atoms with Gasteiger partial charge in [-0.3, -0.25) is 9.59 Å². The van der Waals surface area contributed by atoms with Crippen molar-refractivity contribution >= 4 is 44.5 Å². The van der Waals surface area contributed by atoms with Crippen molar-refractivity contribution in [3.05, 3.63) is 108 Å². The topological polar surface area (TPSA) is 34.1 Å². The molecule has 0 bridgehead atoms. The molecule has 4 heteroatoms. The average Bonchev–Trinajstić information content (AvgIpc) is 2.75. The van der Waals surface area contributed by atoms with Gasteiger partial charge in [-0.15, -0.1) is 0 Å². The number of rotatable bonds is 4. The summed E-state index contributed by atoms with van der Waals surface area (Å²) in [7, 11) is 0. The zero-order chi connectivity index (χ0) is 19.3. The molecule has 28 heavy (non-hydrogen) atoms. The number of thioether (sulfide) groups is 2. The highest BCUT2D eigenvalue weighted by Crippen LogP contribution is 2.36. The van der Waals surface area contributed by atoms with E-state index in [4.69, 9.17) is 0 Å². The Kier molecular flexibility index (Phi) is 5.60. The number of carbonyl (C=O) groups is 2. The Morgan fingerprint density at radius 3 is 1.25 bits per heavy atom. The monoisotopic (exact) mass is 400 g/mol. The first-order valence-electron chi connectivity index (χ1n) is 8.78. The minimum atomic E-state index is 0.00604. The number of hydrogen-bond acceptors (Lipinski definition) is 4. The van der Waals surface area contributed by atoms with Gasteiger partial charge in [0, 0.05) is 20.9 Å². The Morgan fingerprint density at radius 1 is 0.464 bits per heavy atom. The van der Waals surface area contributed by atoms with Crippen molar-refractivity contribution < 1.29 is 9.59 Å². The first-order chi connectivity index (χ1) is 13.7. The van der Waals surface area contributed by atoms with Gasteiger partial charge < -0.3 is 0 Å². The van der Waals surface area contributed by atoms with Crippen LogP contribution in [0.4, 0.5) is 0 Å². The summed E-state index contributed by atoms with van der Waals surface area (Å²) >= 11 is 2.43. The zero-order valence-electron chi connectivity index (χ0n) is 14.9. The van der Waals surface area contributed by atoms with Crippen LogP contribution in [0.1, 0.15) is 20.7 Å². The van der Waals surface area contributed by atoms with Gasteiger partial charge >= 0.3 is 0 Å². The Hall–Kier alpha value is -2.82. The van der Waals surface area contributed by atoms with Gasteiger partial charge in [0.15, 0.2) is 0 Å². The lowest BCUT2D eigenvalue weighted by Crippen LogP contribution is -1.94. The van der Waals surface area contributed by atoms with E-state index in [2.05, 4.69) is 0 Å². The molecule has 0 heterocycles. The van der Waals surface area contributed by atoms with Crippen LogP contribution in [0.5, 0.6) is 0 Å². The second-order valence-corrected chi connectivity index (χ2v) is 8.15. The summed E-state index contributed by atoms with van der Waals surface area (Å²) < 4.78 is 0. The summed E-state index contributed by atoms with van der Waals surface area (Å²) in [5.74, 6) is 0. The molecule has 0 N–H and O–H groups in total. The van der Waals surface area contributed by atoms with Gasteiger partial charge in [0.05, 0.1) is 0 Å². The van der Waals surface area contributed by atoms with Gasteiger partial charge in [0.1, 0.15) is 0 Å². The Balaban J connectivity index is 1.65. The molecular formula is C24H16O2S2. The minimum absolute atomic E-state index is 0.00604. The van der Waals surface area contributed by atoms with Gasteiger partial charge in [-0.1, -0.05) is 84.9 Å². The van der Waals surface area contributed by atoms with Gasteiger partial charge in [0.2, 0.25) is 10.2 Å². The lowest BCUT2D eigenvalue weighted by molar-refractivity contribution is 0.108. The first kappa shape index (κ1) is 18.5. The maximum atomic E-state index is 12.6. The molecule has 0 aliphatic rings. The smallest absolute Gasteiger partial charge is 0.224 e. The van der Waals surface area contributed by atoms with Crippen LogP contribution in [0.25, 0.3) is 10.8 Å². The molecular weight excluding hydrogens is 384 g/mol. The number of benzene rings is 4. The van der Waals surface area contributed by atoms with Crippen LogP contribution in [-0.4, -0.2) is 10.2 Å². The highest BCUT2D eigenvalue weighted by Gasteiger charge is 2.14. The molecule has 0 aromatic heterocycles. The quantitative estimate of drug-likeness (QED) is 0.357. The van der Waals surface area contributed by atoms with Crippen LogP contribution in [-0.2, 0) is 0 Å². The molecule has 0 radical (unpaired) electrons. The second kappa shape index (κ2) is 8.46. The minimum Gasteiger partial charge on any atom is -0.281 e. The van der Waals surface area contributed by atoms with Crippen molar-refractivity contribution in [3.8, 4) is 0 Å². The third-order valence-electron chi connectivity index (χ3n) is 4.27. The fourth-order valence-corrected chi connectivity index (χ4v) is 4.67. The summed E-state index contributed by atoms with van der Waals surface area (Å²) in [4.78, 5) is 27.0. The Morgan fingerprint density at radius 2 is 0.857 bits per heavy atom. The first-order valence-corrected chi connectivity index (χ1v) is 10.4. The second-order valence-electron chi connectivity index (χ2n) is 6.12.